The predicted molar refractivity (Wildman–Crippen MR) is 120 cm³/mol. The monoisotopic (exact) mass is 452 g/mol. The normalized spacial score (nSPS) is 11.3. The topological polar surface area (TPSA) is 77.5 Å². The molecule has 1 aromatic heterocycles. The summed E-state index contributed by atoms with van der Waals surface area (Å²) in [5.74, 6) is 1.95. The van der Waals surface area contributed by atoms with Crippen molar-refractivity contribution in [1.82, 2.24) is 9.71 Å². The second-order valence-corrected chi connectivity index (χ2v) is 9.33. The molecule has 8 heteroatoms. The summed E-state index contributed by atoms with van der Waals surface area (Å²) >= 11 is 1.40. The van der Waals surface area contributed by atoms with Crippen LogP contribution in [0.1, 0.15) is 11.1 Å². The Morgan fingerprint density at radius 3 is 2.26 bits per heavy atom. The molecular formula is C23H20N2O4S2. The molecule has 4 rings (SSSR count). The third-order valence-corrected chi connectivity index (χ3v) is 6.53. The first-order valence-corrected chi connectivity index (χ1v) is 11.9. The van der Waals surface area contributed by atoms with Crippen molar-refractivity contribution in [3.05, 3.63) is 95.5 Å². The van der Waals surface area contributed by atoms with Gasteiger partial charge in [-0.2, -0.15) is 0 Å². The highest BCUT2D eigenvalue weighted by atomic mass is 32.2. The van der Waals surface area contributed by atoms with Crippen LogP contribution in [0.15, 0.2) is 89.3 Å². The smallest absolute Gasteiger partial charge is 0.278 e. The Morgan fingerprint density at radius 2 is 1.58 bits per heavy atom. The highest BCUT2D eigenvalue weighted by molar-refractivity contribution is 7.89. The van der Waals surface area contributed by atoms with E-state index in [0.717, 1.165) is 16.9 Å². The highest BCUT2D eigenvalue weighted by Crippen LogP contribution is 2.26. The molecule has 3 aromatic carbocycles. The molecule has 0 saturated heterocycles. The SMILES string of the molecule is Cc1ccccc1Oc1ccc(S(=O)(=O)NCc2ccc(Oc3nccs3)cc2)cc1. The molecule has 0 spiro atoms. The van der Waals surface area contributed by atoms with Gasteiger partial charge in [0.05, 0.1) is 4.90 Å². The summed E-state index contributed by atoms with van der Waals surface area (Å²) in [7, 11) is -3.65. The Labute approximate surface area is 185 Å². The van der Waals surface area contributed by atoms with Gasteiger partial charge in [-0.25, -0.2) is 18.1 Å². The lowest BCUT2D eigenvalue weighted by Gasteiger charge is -2.10. The van der Waals surface area contributed by atoms with Gasteiger partial charge in [0.25, 0.3) is 5.19 Å². The van der Waals surface area contributed by atoms with E-state index < -0.39 is 10.0 Å². The quantitative estimate of drug-likeness (QED) is 0.381. The molecule has 31 heavy (non-hydrogen) atoms. The van der Waals surface area contributed by atoms with Crippen molar-refractivity contribution in [2.24, 2.45) is 0 Å². The molecular weight excluding hydrogens is 432 g/mol. The molecule has 6 nitrogen and oxygen atoms in total. The number of aromatic nitrogens is 1. The van der Waals surface area contributed by atoms with E-state index in [0.29, 0.717) is 16.7 Å². The lowest BCUT2D eigenvalue weighted by atomic mass is 10.2. The van der Waals surface area contributed by atoms with Gasteiger partial charge in [-0.3, -0.25) is 0 Å². The van der Waals surface area contributed by atoms with E-state index in [2.05, 4.69) is 9.71 Å². The summed E-state index contributed by atoms with van der Waals surface area (Å²) in [6.07, 6.45) is 1.67. The van der Waals surface area contributed by atoms with Crippen LogP contribution in [0.25, 0.3) is 0 Å². The number of nitrogens with zero attached hydrogens (tertiary/aromatic N) is 1. The van der Waals surface area contributed by atoms with E-state index in [4.69, 9.17) is 9.47 Å². The van der Waals surface area contributed by atoms with Crippen LogP contribution in [0.4, 0.5) is 0 Å². The van der Waals surface area contributed by atoms with Crippen molar-refractivity contribution in [2.45, 2.75) is 18.4 Å². The number of nitrogens with one attached hydrogen (secondary N) is 1. The molecule has 0 aliphatic heterocycles. The Bertz CT molecular complexity index is 1240. The van der Waals surface area contributed by atoms with Gasteiger partial charge < -0.3 is 9.47 Å². The molecule has 0 aliphatic carbocycles. The number of para-hydroxylation sites is 1. The average Bonchev–Trinajstić information content (AvgIpc) is 3.28. The maximum Gasteiger partial charge on any atom is 0.278 e. The fourth-order valence-corrected chi connectivity index (χ4v) is 4.31. The van der Waals surface area contributed by atoms with Gasteiger partial charge in [0.15, 0.2) is 0 Å². The second kappa shape index (κ2) is 9.30. The van der Waals surface area contributed by atoms with E-state index in [1.54, 1.807) is 30.5 Å². The minimum atomic E-state index is -3.65. The fourth-order valence-electron chi connectivity index (χ4n) is 2.78. The van der Waals surface area contributed by atoms with Crippen LogP contribution < -0.4 is 14.2 Å². The molecule has 4 aromatic rings. The zero-order valence-corrected chi connectivity index (χ0v) is 18.3. The maximum atomic E-state index is 12.6. The highest BCUT2D eigenvalue weighted by Gasteiger charge is 2.14. The van der Waals surface area contributed by atoms with Gasteiger partial charge >= 0.3 is 0 Å². The fraction of sp³-hybridized carbons (Fsp3) is 0.0870. The number of thiazole rings is 1. The minimum Gasteiger partial charge on any atom is -0.457 e. The summed E-state index contributed by atoms with van der Waals surface area (Å²) in [6.45, 7) is 2.12. The lowest BCUT2D eigenvalue weighted by molar-refractivity contribution is 0.478. The number of hydrogen-bond acceptors (Lipinski definition) is 6. The largest absolute Gasteiger partial charge is 0.457 e. The van der Waals surface area contributed by atoms with Crippen molar-refractivity contribution >= 4 is 21.4 Å². The van der Waals surface area contributed by atoms with E-state index in [9.17, 15) is 8.42 Å². The van der Waals surface area contributed by atoms with Gasteiger partial charge in [-0.15, -0.1) is 0 Å². The molecule has 0 aliphatic rings. The van der Waals surface area contributed by atoms with Crippen LogP contribution in [-0.4, -0.2) is 13.4 Å². The van der Waals surface area contributed by atoms with Gasteiger partial charge in [-0.1, -0.05) is 41.7 Å². The van der Waals surface area contributed by atoms with Crippen LogP contribution in [0.5, 0.6) is 22.4 Å². The molecule has 0 radical (unpaired) electrons. The van der Waals surface area contributed by atoms with Crippen LogP contribution >= 0.6 is 11.3 Å². The minimum absolute atomic E-state index is 0.168. The molecule has 0 atom stereocenters. The number of benzene rings is 3. The molecule has 0 fully saturated rings. The van der Waals surface area contributed by atoms with Crippen LogP contribution in [0, 0.1) is 6.92 Å². The summed E-state index contributed by atoms with van der Waals surface area (Å²) in [4.78, 5) is 4.24. The zero-order valence-electron chi connectivity index (χ0n) is 16.7. The Morgan fingerprint density at radius 1 is 0.903 bits per heavy atom. The van der Waals surface area contributed by atoms with E-state index >= 15 is 0 Å². The van der Waals surface area contributed by atoms with E-state index in [1.807, 2.05) is 48.7 Å². The summed E-state index contributed by atoms with van der Waals surface area (Å²) < 4.78 is 39.3. The second-order valence-electron chi connectivity index (χ2n) is 6.71. The van der Waals surface area contributed by atoms with Gasteiger partial charge in [-0.05, 0) is 60.5 Å². The van der Waals surface area contributed by atoms with E-state index in [1.165, 1.54) is 23.5 Å². The number of aryl methyl sites for hydroxylation is 1. The maximum absolute atomic E-state index is 12.6. The van der Waals surface area contributed by atoms with Crippen molar-refractivity contribution in [3.8, 4) is 22.4 Å². The van der Waals surface area contributed by atoms with Gasteiger partial charge in [0.1, 0.15) is 17.2 Å². The first kappa shape index (κ1) is 21.0. The standard InChI is InChI=1S/C23H20N2O4S2/c1-17-4-2-3-5-22(17)28-19-10-12-21(13-11-19)31(26,27)25-16-18-6-8-20(9-7-18)29-23-24-14-15-30-23/h2-15,25H,16H2,1H3. The predicted octanol–water partition coefficient (Wildman–Crippen LogP) is 5.51. The van der Waals surface area contributed by atoms with Crippen molar-refractivity contribution in [3.63, 3.8) is 0 Å². The van der Waals surface area contributed by atoms with Gasteiger partial charge in [0, 0.05) is 18.1 Å². The van der Waals surface area contributed by atoms with Crippen molar-refractivity contribution in [1.29, 1.82) is 0 Å². The third-order valence-electron chi connectivity index (χ3n) is 4.46. The number of hydrogen-bond donors (Lipinski definition) is 1. The number of rotatable bonds is 8. The average molecular weight is 453 g/mol. The summed E-state index contributed by atoms with van der Waals surface area (Å²) in [5, 5.41) is 2.39. The summed E-state index contributed by atoms with van der Waals surface area (Å²) in [6, 6.07) is 21.2. The zero-order chi connectivity index (χ0) is 21.7. The van der Waals surface area contributed by atoms with Crippen molar-refractivity contribution < 1.29 is 17.9 Å². The molecule has 158 valence electrons. The molecule has 1 heterocycles. The molecule has 0 saturated carbocycles. The molecule has 0 amide bonds. The Hall–Kier alpha value is -3.20. The number of sulfonamides is 1. The third kappa shape index (κ3) is 5.49. The molecule has 1 N–H and O–H groups in total. The van der Waals surface area contributed by atoms with Crippen LogP contribution in [-0.2, 0) is 16.6 Å². The first-order chi connectivity index (χ1) is 15.0. The van der Waals surface area contributed by atoms with E-state index in [-0.39, 0.29) is 11.4 Å². The van der Waals surface area contributed by atoms with Gasteiger partial charge in [0.2, 0.25) is 10.0 Å². The first-order valence-electron chi connectivity index (χ1n) is 9.49. The summed E-state index contributed by atoms with van der Waals surface area (Å²) in [5.41, 5.74) is 1.82. The van der Waals surface area contributed by atoms with Crippen LogP contribution in [0.2, 0.25) is 0 Å². The van der Waals surface area contributed by atoms with Crippen LogP contribution in [0.3, 0.4) is 0 Å². The lowest BCUT2D eigenvalue weighted by Crippen LogP contribution is -2.23. The molecule has 0 unspecified atom stereocenters. The Kier molecular flexibility index (Phi) is 6.31. The molecule has 0 bridgehead atoms. The number of ether oxygens (including phenoxy) is 2. The Balaban J connectivity index is 1.36. The van der Waals surface area contributed by atoms with Crippen molar-refractivity contribution in [2.75, 3.05) is 0 Å².